The molecule has 0 unspecified atom stereocenters. The van der Waals surface area contributed by atoms with Gasteiger partial charge in [-0.3, -0.25) is 9.59 Å². The topological polar surface area (TPSA) is 151 Å². The molecule has 53 heavy (non-hydrogen) atoms. The Morgan fingerprint density at radius 1 is 0.962 bits per heavy atom. The molecule has 284 valence electrons. The number of hydrogen-bond acceptors (Lipinski definition) is 11. The first-order chi connectivity index (χ1) is 24.8. The van der Waals surface area contributed by atoms with Crippen molar-refractivity contribution in [2.45, 2.75) is 51.9 Å². The molecular formula is C33H31ClF6N6O7. The monoisotopic (exact) mass is 772 g/mol. The van der Waals surface area contributed by atoms with Crippen molar-refractivity contribution in [3.63, 3.8) is 0 Å². The number of benzene rings is 2. The van der Waals surface area contributed by atoms with Gasteiger partial charge in [0.1, 0.15) is 17.8 Å². The number of rotatable bonds is 10. The maximum absolute atomic E-state index is 14.5. The molecule has 0 spiro atoms. The fraction of sp³-hybridized carbons (Fsp3) is 0.394. The number of morpholine rings is 1. The highest BCUT2D eigenvalue weighted by Crippen LogP contribution is 2.38. The van der Waals surface area contributed by atoms with Gasteiger partial charge in [-0.25, -0.2) is 9.48 Å². The molecule has 0 atom stereocenters. The predicted molar refractivity (Wildman–Crippen MR) is 173 cm³/mol. The van der Waals surface area contributed by atoms with Gasteiger partial charge in [0.25, 0.3) is 0 Å². The van der Waals surface area contributed by atoms with E-state index in [1.165, 1.54) is 12.1 Å². The van der Waals surface area contributed by atoms with Gasteiger partial charge in [0.05, 0.1) is 41.5 Å². The van der Waals surface area contributed by atoms with Crippen LogP contribution in [0.25, 0.3) is 11.3 Å². The van der Waals surface area contributed by atoms with Crippen molar-refractivity contribution >= 4 is 35.3 Å². The minimum atomic E-state index is -5.10. The fourth-order valence-corrected chi connectivity index (χ4v) is 5.43. The van der Waals surface area contributed by atoms with Gasteiger partial charge in [-0.2, -0.15) is 26.3 Å². The summed E-state index contributed by atoms with van der Waals surface area (Å²) in [6.45, 7) is 3.60. The molecule has 5 rings (SSSR count). The first-order valence-electron chi connectivity index (χ1n) is 15.8. The molecule has 0 bridgehead atoms. The van der Waals surface area contributed by atoms with Gasteiger partial charge in [-0.15, -0.1) is 5.10 Å². The van der Waals surface area contributed by atoms with Crippen LogP contribution in [0.1, 0.15) is 59.3 Å². The first-order valence-corrected chi connectivity index (χ1v) is 16.1. The average Bonchev–Trinajstić information content (AvgIpc) is 3.69. The number of esters is 1. The van der Waals surface area contributed by atoms with E-state index in [9.17, 15) is 40.7 Å². The Morgan fingerprint density at radius 3 is 2.21 bits per heavy atom. The number of anilines is 1. The summed E-state index contributed by atoms with van der Waals surface area (Å²) in [4.78, 5) is 40.6. The molecule has 1 fully saturated rings. The van der Waals surface area contributed by atoms with Crippen LogP contribution >= 0.6 is 11.6 Å². The summed E-state index contributed by atoms with van der Waals surface area (Å²) in [5.74, 6) is -2.15. The Hall–Kier alpha value is -5.17. The van der Waals surface area contributed by atoms with Crippen LogP contribution in [0.4, 0.5) is 37.0 Å². The van der Waals surface area contributed by atoms with Gasteiger partial charge < -0.3 is 29.0 Å². The molecule has 20 heteroatoms. The number of hydrogen-bond donors (Lipinski definition) is 1. The van der Waals surface area contributed by atoms with Gasteiger partial charge in [0.2, 0.25) is 5.78 Å². The Balaban J connectivity index is 1.53. The molecule has 0 radical (unpaired) electrons. The maximum Gasteiger partial charge on any atom is 0.416 e. The van der Waals surface area contributed by atoms with Crippen molar-refractivity contribution in [3.05, 3.63) is 81.2 Å². The zero-order chi connectivity index (χ0) is 38.7. The third kappa shape index (κ3) is 9.64. The number of ketones is 1. The highest BCUT2D eigenvalue weighted by Gasteiger charge is 2.38. The molecule has 1 aliphatic rings. The summed E-state index contributed by atoms with van der Waals surface area (Å²) in [7, 11) is 0. The molecule has 2 aromatic carbocycles. The first kappa shape index (κ1) is 39.0. The summed E-state index contributed by atoms with van der Waals surface area (Å²) in [6, 6.07) is 7.39. The van der Waals surface area contributed by atoms with E-state index in [1.807, 2.05) is 0 Å². The number of halogens is 7. The number of ether oxygens (including phenoxy) is 3. The molecule has 1 aliphatic heterocycles. The second kappa shape index (κ2) is 15.4. The van der Waals surface area contributed by atoms with Gasteiger partial charge in [-0.05, 0) is 50.6 Å². The zero-order valence-electron chi connectivity index (χ0n) is 28.2. The molecule has 1 N–H and O–H groups in total. The lowest BCUT2D eigenvalue weighted by Gasteiger charge is -2.29. The van der Waals surface area contributed by atoms with E-state index in [4.69, 9.17) is 30.3 Å². The standard InChI is InChI=1S/C33H31ClF6N6O7/c1-31(2,3)52-30(49)41-15-24(47)51-17-23-25(26(43-53-23)21-6-4-5-7-22(21)34)28(48)27-29(45-8-10-50-11-9-45)46(44-42-27)16-18-12-19(32(35,36)37)14-20(13-18)33(38,39)40/h4-7,12-14H,8-11,15-17H2,1-3H3,(H,41,49). The number of alkyl carbamates (subject to hydrolysis) is 1. The summed E-state index contributed by atoms with van der Waals surface area (Å²) >= 11 is 6.43. The van der Waals surface area contributed by atoms with Gasteiger partial charge in [0, 0.05) is 18.7 Å². The lowest BCUT2D eigenvalue weighted by molar-refractivity contribution is -0.145. The third-order valence-corrected chi connectivity index (χ3v) is 7.80. The molecular weight excluding hydrogens is 742 g/mol. The van der Waals surface area contributed by atoms with Crippen LogP contribution in [0.3, 0.4) is 0 Å². The lowest BCUT2D eigenvalue weighted by Crippen LogP contribution is -2.38. The van der Waals surface area contributed by atoms with E-state index in [2.05, 4.69) is 20.8 Å². The van der Waals surface area contributed by atoms with Gasteiger partial charge >= 0.3 is 24.4 Å². The highest BCUT2D eigenvalue weighted by molar-refractivity contribution is 6.33. The summed E-state index contributed by atoms with van der Waals surface area (Å²) < 4.78 is 104. The number of nitrogens with zero attached hydrogens (tertiary/aromatic N) is 5. The predicted octanol–water partition coefficient (Wildman–Crippen LogP) is 6.31. The Bertz CT molecular complexity index is 1950. The van der Waals surface area contributed by atoms with Crippen LogP contribution in [0, 0.1) is 0 Å². The fourth-order valence-electron chi connectivity index (χ4n) is 5.20. The minimum Gasteiger partial charge on any atom is -0.456 e. The van der Waals surface area contributed by atoms with Crippen LogP contribution in [0.15, 0.2) is 47.0 Å². The molecule has 0 aliphatic carbocycles. The maximum atomic E-state index is 14.5. The molecule has 0 saturated carbocycles. The van der Waals surface area contributed by atoms with Crippen LogP contribution in [0.5, 0.6) is 0 Å². The summed E-state index contributed by atoms with van der Waals surface area (Å²) in [5, 5.41) is 14.4. The smallest absolute Gasteiger partial charge is 0.416 e. The summed E-state index contributed by atoms with van der Waals surface area (Å²) in [6.07, 6.45) is -11.1. The van der Waals surface area contributed by atoms with Crippen molar-refractivity contribution < 1.29 is 59.5 Å². The third-order valence-electron chi connectivity index (χ3n) is 7.47. The highest BCUT2D eigenvalue weighted by atomic mass is 35.5. The van der Waals surface area contributed by atoms with Crippen LogP contribution in [-0.4, -0.2) is 76.4 Å². The van der Waals surface area contributed by atoms with Gasteiger partial charge in [-0.1, -0.05) is 40.2 Å². The second-order valence-corrected chi connectivity index (χ2v) is 13.0. The normalized spacial score (nSPS) is 13.9. The lowest BCUT2D eigenvalue weighted by atomic mass is 10.0. The quantitative estimate of drug-likeness (QED) is 0.110. The number of nitrogens with one attached hydrogen (secondary N) is 1. The molecule has 1 saturated heterocycles. The average molecular weight is 773 g/mol. The van der Waals surface area contributed by atoms with E-state index in [1.54, 1.807) is 37.8 Å². The van der Waals surface area contributed by atoms with Crippen molar-refractivity contribution in [3.8, 4) is 11.3 Å². The summed E-state index contributed by atoms with van der Waals surface area (Å²) in [5.41, 5.74) is -4.80. The van der Waals surface area contributed by atoms with Crippen molar-refractivity contribution in [1.82, 2.24) is 25.5 Å². The van der Waals surface area contributed by atoms with Crippen LogP contribution in [-0.2, 0) is 44.5 Å². The number of carbonyl (C=O) groups excluding carboxylic acids is 3. The van der Waals surface area contributed by atoms with Gasteiger partial charge in [0.15, 0.2) is 23.9 Å². The van der Waals surface area contributed by atoms with Crippen LogP contribution in [0.2, 0.25) is 5.02 Å². The van der Waals surface area contributed by atoms with Crippen molar-refractivity contribution in [2.24, 2.45) is 0 Å². The second-order valence-electron chi connectivity index (χ2n) is 12.6. The van der Waals surface area contributed by atoms with Crippen molar-refractivity contribution in [2.75, 3.05) is 37.7 Å². The van der Waals surface area contributed by atoms with E-state index in [0.29, 0.717) is 12.1 Å². The molecule has 1 amide bonds. The van der Waals surface area contributed by atoms with E-state index in [0.717, 1.165) is 4.68 Å². The van der Waals surface area contributed by atoms with E-state index >= 15 is 0 Å². The zero-order valence-corrected chi connectivity index (χ0v) is 29.0. The largest absolute Gasteiger partial charge is 0.456 e. The number of carbonyl (C=O) groups is 3. The van der Waals surface area contributed by atoms with Crippen molar-refractivity contribution in [1.29, 1.82) is 0 Å². The molecule has 13 nitrogen and oxygen atoms in total. The Labute approximate surface area is 302 Å². The SMILES string of the molecule is CC(C)(C)OC(=O)NCC(=O)OCc1onc(-c2ccccc2Cl)c1C(=O)c1nnn(Cc2cc(C(F)(F)F)cc(C(F)(F)F)c2)c1N1CCOCC1. The molecule has 2 aromatic heterocycles. The Kier molecular flexibility index (Phi) is 11.4. The number of aromatic nitrogens is 4. The van der Waals surface area contributed by atoms with Crippen LogP contribution < -0.4 is 10.2 Å². The van der Waals surface area contributed by atoms with E-state index in [-0.39, 0.29) is 71.5 Å². The molecule has 3 heterocycles. The minimum absolute atomic E-state index is 0.00672. The Morgan fingerprint density at radius 2 is 1.60 bits per heavy atom. The number of amides is 1. The number of alkyl halides is 6. The molecule has 4 aromatic rings. The van der Waals surface area contributed by atoms with E-state index < -0.39 is 72.2 Å².